The molecule has 1 heterocycles. The van der Waals surface area contributed by atoms with E-state index in [-0.39, 0.29) is 19.5 Å². The number of halogens is 2. The van der Waals surface area contributed by atoms with Crippen LogP contribution in [0.25, 0.3) is 0 Å². The summed E-state index contributed by atoms with van der Waals surface area (Å²) in [5, 5.41) is 0. The zero-order valence-electron chi connectivity index (χ0n) is 32.9. The van der Waals surface area contributed by atoms with Crippen LogP contribution in [0, 0.1) is 49.6 Å². The average molecular weight is 827 g/mol. The molecule has 2 aliphatic carbocycles. The van der Waals surface area contributed by atoms with Gasteiger partial charge in [-0.05, 0) is 77.3 Å². The SMILES string of the molecule is CC(C)C1=CC[C@H](C(C)C)C(N2[CH-]N([C@@H]3C[C@H](C(C)C)CC=C3C(C)C)[C@H](c3ccccc3)[C@H]2c2ccccc2)=C1.[CH3-].[Cl][Ru]([Cl])=[CH]c1ccccc1. The summed E-state index contributed by atoms with van der Waals surface area (Å²) in [6, 6.07) is 33.4. The van der Waals surface area contributed by atoms with E-state index in [1.54, 1.807) is 5.57 Å². The molecule has 52 heavy (non-hydrogen) atoms. The van der Waals surface area contributed by atoms with Crippen molar-refractivity contribution in [2.45, 2.75) is 92.8 Å². The first-order valence-electron chi connectivity index (χ1n) is 19.0. The van der Waals surface area contributed by atoms with Gasteiger partial charge in [-0.15, -0.1) is 0 Å². The van der Waals surface area contributed by atoms with E-state index in [1.165, 1.54) is 35.2 Å². The van der Waals surface area contributed by atoms with E-state index in [9.17, 15) is 0 Å². The number of rotatable bonds is 9. The third-order valence-electron chi connectivity index (χ3n) is 11.1. The normalized spacial score (nSPS) is 23.8. The van der Waals surface area contributed by atoms with Crippen molar-refractivity contribution in [3.8, 4) is 0 Å². The number of nitrogens with zero attached hydrogens (tertiary/aromatic N) is 2. The Hall–Kier alpha value is -2.29. The van der Waals surface area contributed by atoms with Crippen molar-refractivity contribution < 1.29 is 13.5 Å². The molecule has 0 unspecified atom stereocenters. The number of hydrogen-bond acceptors (Lipinski definition) is 2. The van der Waals surface area contributed by atoms with E-state index < -0.39 is 13.5 Å². The molecule has 0 aromatic heterocycles. The molecule has 3 aromatic carbocycles. The third-order valence-corrected chi connectivity index (χ3v) is 12.9. The van der Waals surface area contributed by atoms with Crippen LogP contribution >= 0.6 is 19.4 Å². The molecule has 0 spiro atoms. The molecular formula is C47H62Cl2N2Ru-2. The maximum atomic E-state index is 5.67. The summed E-state index contributed by atoms with van der Waals surface area (Å²) < 4.78 is 1.92. The van der Waals surface area contributed by atoms with Gasteiger partial charge in [0, 0.05) is 24.0 Å². The van der Waals surface area contributed by atoms with Crippen molar-refractivity contribution in [1.82, 2.24) is 9.80 Å². The van der Waals surface area contributed by atoms with Crippen LogP contribution in [0.15, 0.2) is 126 Å². The van der Waals surface area contributed by atoms with Gasteiger partial charge in [0.2, 0.25) is 0 Å². The van der Waals surface area contributed by atoms with E-state index in [2.05, 4.69) is 151 Å². The van der Waals surface area contributed by atoms with E-state index in [0.717, 1.165) is 12.0 Å². The summed E-state index contributed by atoms with van der Waals surface area (Å²) >= 11 is -1.61. The zero-order chi connectivity index (χ0) is 36.7. The molecule has 3 aromatic rings. The van der Waals surface area contributed by atoms with Gasteiger partial charge < -0.3 is 17.2 Å². The quantitative estimate of drug-likeness (QED) is 0.120. The van der Waals surface area contributed by atoms with Crippen LogP contribution in [-0.2, 0) is 13.5 Å². The predicted molar refractivity (Wildman–Crippen MR) is 224 cm³/mol. The zero-order valence-corrected chi connectivity index (χ0v) is 36.1. The number of benzene rings is 3. The standard InChI is InChI=1S/C39H53N2.C7H6.CH3.2ClH.Ru/c1-26(2)32-19-21-34(28(5)6)36(23-32)40-25-41(37-24-33(27(3)4)20-22-35(37)29(7)8)39(31-17-13-10-14-18-31)38(40)30-15-11-9-12-16-30;1-7-5-3-2-4-6-7;;;;/h9-19,22-23,25-29,33-34,37-39H,20-21,24H2,1-8H3;1-6H;1H3;2*1H;/q-1;;-1;;;+2/p-2/t33-,34-,37-,38-,39-;;;;;/m1...../s1. The Morgan fingerprint density at radius 3 is 1.75 bits per heavy atom. The van der Waals surface area contributed by atoms with E-state index >= 15 is 0 Å². The van der Waals surface area contributed by atoms with Crippen LogP contribution in [0.4, 0.5) is 0 Å². The molecule has 0 amide bonds. The summed E-state index contributed by atoms with van der Waals surface area (Å²) in [5.74, 6) is 3.54. The second-order valence-electron chi connectivity index (χ2n) is 15.8. The average Bonchev–Trinajstić information content (AvgIpc) is 3.52. The van der Waals surface area contributed by atoms with Gasteiger partial charge in [-0.25, -0.2) is 0 Å². The fraction of sp³-hybridized carbons (Fsp3) is 0.426. The molecule has 1 saturated heterocycles. The first-order chi connectivity index (χ1) is 24.5. The Kier molecular flexibility index (Phi) is 16.2. The topological polar surface area (TPSA) is 6.48 Å². The molecule has 1 fully saturated rings. The molecule has 284 valence electrons. The summed E-state index contributed by atoms with van der Waals surface area (Å²) in [5.41, 5.74) is 8.52. The van der Waals surface area contributed by atoms with Crippen molar-refractivity contribution >= 4 is 24.0 Å². The molecule has 0 radical (unpaired) electrons. The Labute approximate surface area is 330 Å². The Balaban J connectivity index is 0.000000476. The van der Waals surface area contributed by atoms with Crippen LogP contribution in [0.2, 0.25) is 0 Å². The van der Waals surface area contributed by atoms with Crippen molar-refractivity contribution in [2.75, 3.05) is 0 Å². The van der Waals surface area contributed by atoms with Crippen molar-refractivity contribution in [3.05, 3.63) is 157 Å². The Morgan fingerprint density at radius 2 is 1.25 bits per heavy atom. The molecule has 0 saturated carbocycles. The van der Waals surface area contributed by atoms with Gasteiger partial charge in [-0.2, -0.15) is 6.67 Å². The van der Waals surface area contributed by atoms with Gasteiger partial charge in [-0.3, -0.25) is 0 Å². The molecule has 0 bridgehead atoms. The van der Waals surface area contributed by atoms with Crippen LogP contribution in [0.5, 0.6) is 0 Å². The summed E-state index contributed by atoms with van der Waals surface area (Å²) in [6.07, 6.45) is 11.2. The minimum atomic E-state index is -1.61. The first-order valence-corrected chi connectivity index (χ1v) is 24.4. The predicted octanol–water partition coefficient (Wildman–Crippen LogP) is 13.6. The molecule has 5 heteroatoms. The fourth-order valence-electron chi connectivity index (χ4n) is 8.12. The second-order valence-corrected chi connectivity index (χ2v) is 21.5. The monoisotopic (exact) mass is 826 g/mol. The molecule has 3 aliphatic rings. The molecule has 0 N–H and O–H groups in total. The Bertz CT molecular complexity index is 1660. The first kappa shape index (κ1) is 42.5. The molecular weight excluding hydrogens is 765 g/mol. The van der Waals surface area contributed by atoms with Gasteiger partial charge in [0.1, 0.15) is 0 Å². The number of allylic oxidation sites excluding steroid dienone is 5. The van der Waals surface area contributed by atoms with Crippen molar-refractivity contribution in [3.63, 3.8) is 0 Å². The van der Waals surface area contributed by atoms with E-state index in [0.29, 0.717) is 41.5 Å². The van der Waals surface area contributed by atoms with Crippen molar-refractivity contribution in [1.29, 1.82) is 0 Å². The van der Waals surface area contributed by atoms with Crippen LogP contribution in [0.1, 0.15) is 103 Å². The van der Waals surface area contributed by atoms with Gasteiger partial charge >= 0.3 is 73.4 Å². The molecule has 6 rings (SSSR count). The summed E-state index contributed by atoms with van der Waals surface area (Å²) in [6.45, 7) is 21.7. The fourth-order valence-corrected chi connectivity index (χ4v) is 9.94. The van der Waals surface area contributed by atoms with Crippen molar-refractivity contribution in [2.24, 2.45) is 35.5 Å². The van der Waals surface area contributed by atoms with Gasteiger partial charge in [0.15, 0.2) is 0 Å². The minimum absolute atomic E-state index is 0. The van der Waals surface area contributed by atoms with Gasteiger partial charge in [0.05, 0.1) is 0 Å². The summed E-state index contributed by atoms with van der Waals surface area (Å²) in [4.78, 5) is 5.50. The van der Waals surface area contributed by atoms with E-state index in [1.807, 2.05) is 34.9 Å². The molecule has 5 atom stereocenters. The maximum absolute atomic E-state index is 5.67. The second kappa shape index (κ2) is 19.9. The number of hydrogen-bond donors (Lipinski definition) is 0. The van der Waals surface area contributed by atoms with Gasteiger partial charge in [0.25, 0.3) is 0 Å². The Morgan fingerprint density at radius 1 is 0.692 bits per heavy atom. The molecule has 2 nitrogen and oxygen atoms in total. The van der Waals surface area contributed by atoms with Gasteiger partial charge in [-0.1, -0.05) is 134 Å². The van der Waals surface area contributed by atoms with Crippen LogP contribution in [-0.4, -0.2) is 20.5 Å². The van der Waals surface area contributed by atoms with Crippen LogP contribution < -0.4 is 0 Å². The van der Waals surface area contributed by atoms with E-state index in [4.69, 9.17) is 19.4 Å². The molecule has 1 aliphatic heterocycles. The summed E-state index contributed by atoms with van der Waals surface area (Å²) in [7, 11) is 11.3. The third kappa shape index (κ3) is 10.5. The van der Waals surface area contributed by atoms with Crippen LogP contribution in [0.3, 0.4) is 0 Å².